The summed E-state index contributed by atoms with van der Waals surface area (Å²) in [4.78, 5) is 3.74. The highest BCUT2D eigenvalue weighted by Crippen LogP contribution is 1.96. The van der Waals surface area contributed by atoms with Gasteiger partial charge in [-0.2, -0.15) is 0 Å². The first kappa shape index (κ1) is 10.8. The van der Waals surface area contributed by atoms with Gasteiger partial charge in [-0.05, 0) is 19.9 Å². The summed E-state index contributed by atoms with van der Waals surface area (Å²) < 4.78 is 0. The van der Waals surface area contributed by atoms with Gasteiger partial charge >= 0.3 is 5.68 Å². The molecule has 0 unspecified atom stereocenters. The molecule has 0 N–H and O–H groups in total. The van der Waals surface area contributed by atoms with Crippen molar-refractivity contribution >= 4 is 34.8 Å². The highest BCUT2D eigenvalue weighted by Gasteiger charge is 1.97. The molecule has 0 aromatic rings. The fourth-order valence-electron chi connectivity index (χ4n) is 0.544. The number of rotatable bonds is 3. The van der Waals surface area contributed by atoms with Crippen LogP contribution in [0.15, 0.2) is 28.7 Å². The molecule has 4 heteroatoms. The van der Waals surface area contributed by atoms with Crippen LogP contribution in [-0.4, -0.2) is 11.9 Å². The molecule has 0 aliphatic heterocycles. The maximum atomic E-state index is 5.36. The van der Waals surface area contributed by atoms with Crippen molar-refractivity contribution < 1.29 is 0 Å². The van der Waals surface area contributed by atoms with Gasteiger partial charge in [0, 0.05) is 6.21 Å². The van der Waals surface area contributed by atoms with Gasteiger partial charge in [0.1, 0.15) is 0 Å². The van der Waals surface area contributed by atoms with Gasteiger partial charge in [-0.25, -0.2) is 0 Å². The lowest BCUT2D eigenvalue weighted by Crippen LogP contribution is -1.85. The van der Waals surface area contributed by atoms with Gasteiger partial charge in [0.2, 0.25) is 0 Å². The van der Waals surface area contributed by atoms with Crippen LogP contribution in [0.5, 0.6) is 0 Å². The number of hydrogen-bond acceptors (Lipinski definition) is 1. The van der Waals surface area contributed by atoms with Crippen molar-refractivity contribution in [2.45, 2.75) is 13.8 Å². The predicted molar refractivity (Wildman–Crippen MR) is 54.5 cm³/mol. The van der Waals surface area contributed by atoms with Crippen molar-refractivity contribution in [3.63, 3.8) is 0 Å². The third-order valence-corrected chi connectivity index (χ3v) is 1.19. The van der Waals surface area contributed by atoms with Crippen LogP contribution in [-0.2, 0) is 0 Å². The molecule has 0 fully saturated rings. The molecule has 0 amide bonds. The number of allylic oxidation sites excluding steroid dienone is 4. The average Bonchev–Trinajstić information content (AvgIpc) is 1.87. The summed E-state index contributed by atoms with van der Waals surface area (Å²) in [7, 11) is 0. The third kappa shape index (κ3) is 7.69. The maximum Gasteiger partial charge on any atom is 0.486 e. The van der Waals surface area contributed by atoms with Gasteiger partial charge in [-0.1, -0.05) is 17.7 Å². The molecule has 0 heterocycles. The maximum absolute atomic E-state index is 5.36. The fourth-order valence-corrected chi connectivity index (χ4v) is 0.674. The fraction of sp³-hybridized carbons (Fsp3) is 0.286. The third-order valence-electron chi connectivity index (χ3n) is 0.966. The van der Waals surface area contributed by atoms with Crippen LogP contribution in [0.3, 0.4) is 0 Å². The van der Waals surface area contributed by atoms with Gasteiger partial charge in [0.25, 0.3) is 0 Å². The molecule has 0 saturated carbocycles. The van der Waals surface area contributed by atoms with Gasteiger partial charge in [0.05, 0.1) is 0 Å². The van der Waals surface area contributed by atoms with Crippen LogP contribution < -0.4 is 0 Å². The molecular weight excluding hydrogens is 180 g/mol. The molecule has 1 nitrogen and oxygen atoms in total. The molecule has 11 heavy (non-hydrogen) atoms. The van der Waals surface area contributed by atoms with Crippen molar-refractivity contribution in [1.82, 2.24) is 0 Å². The van der Waals surface area contributed by atoms with Crippen LogP contribution >= 0.6 is 22.9 Å². The highest BCUT2D eigenvalue weighted by molar-refractivity contribution is 7.33. The van der Waals surface area contributed by atoms with Crippen molar-refractivity contribution in [3.05, 3.63) is 23.8 Å². The molecular formula is C7H10BCl2N. The van der Waals surface area contributed by atoms with Crippen LogP contribution in [0, 0.1) is 0 Å². The van der Waals surface area contributed by atoms with E-state index >= 15 is 0 Å². The SMILES string of the molecule is C\C=C/C(C)=C\C=N\B(Cl)Cl. The Morgan fingerprint density at radius 2 is 2.09 bits per heavy atom. The molecule has 0 aliphatic carbocycles. The molecule has 0 atom stereocenters. The summed E-state index contributed by atoms with van der Waals surface area (Å²) >= 11 is 10.7. The Morgan fingerprint density at radius 1 is 1.45 bits per heavy atom. The molecule has 0 radical (unpaired) electrons. The van der Waals surface area contributed by atoms with Crippen molar-refractivity contribution in [3.8, 4) is 0 Å². The van der Waals surface area contributed by atoms with E-state index in [1.165, 1.54) is 0 Å². The molecule has 0 bridgehead atoms. The zero-order valence-corrected chi connectivity index (χ0v) is 8.10. The second-order valence-corrected chi connectivity index (χ2v) is 3.04. The van der Waals surface area contributed by atoms with Crippen LogP contribution in [0.2, 0.25) is 0 Å². The lowest BCUT2D eigenvalue weighted by molar-refractivity contribution is 1.52. The van der Waals surface area contributed by atoms with Gasteiger partial charge in [-0.15, -0.1) is 22.9 Å². The van der Waals surface area contributed by atoms with Gasteiger partial charge in [-0.3, -0.25) is 0 Å². The van der Waals surface area contributed by atoms with E-state index in [9.17, 15) is 0 Å². The minimum Gasteiger partial charge on any atom is -0.313 e. The first-order valence-corrected chi connectivity index (χ1v) is 4.15. The second kappa shape index (κ2) is 6.50. The summed E-state index contributed by atoms with van der Waals surface area (Å²) in [6.07, 6.45) is 7.37. The van der Waals surface area contributed by atoms with E-state index in [-0.39, 0.29) is 0 Å². The Hall–Kier alpha value is -0.205. The summed E-state index contributed by atoms with van der Waals surface area (Å²) in [5.74, 6) is 0. The summed E-state index contributed by atoms with van der Waals surface area (Å²) in [5, 5.41) is 0. The summed E-state index contributed by atoms with van der Waals surface area (Å²) in [6, 6.07) is 0. The molecule has 0 aromatic heterocycles. The van der Waals surface area contributed by atoms with Crippen LogP contribution in [0.1, 0.15) is 13.8 Å². The highest BCUT2D eigenvalue weighted by atomic mass is 35.5. The predicted octanol–water partition coefficient (Wildman–Crippen LogP) is 3.04. The minimum atomic E-state index is -0.662. The Kier molecular flexibility index (Phi) is 6.38. The lowest BCUT2D eigenvalue weighted by atomic mass is 10.2. The average molecular weight is 190 g/mol. The zero-order chi connectivity index (χ0) is 8.69. The molecule has 60 valence electrons. The Labute approximate surface area is 77.7 Å². The van der Waals surface area contributed by atoms with Crippen LogP contribution in [0.4, 0.5) is 0 Å². The molecule has 0 rings (SSSR count). The van der Waals surface area contributed by atoms with Crippen molar-refractivity contribution in [2.75, 3.05) is 0 Å². The monoisotopic (exact) mass is 189 g/mol. The first-order chi connectivity index (χ1) is 5.16. The van der Waals surface area contributed by atoms with Crippen molar-refractivity contribution in [2.24, 2.45) is 4.90 Å². The molecule has 0 aromatic carbocycles. The topological polar surface area (TPSA) is 12.4 Å². The minimum absolute atomic E-state index is 0.662. The Bertz CT molecular complexity index is 185. The standard InChI is InChI=1S/C7H10BCl2N/c1-3-4-7(2)5-6-11-8(9)10/h3-6H,1-2H3/b4-3-,7-5-,11-6+. The first-order valence-electron chi connectivity index (χ1n) is 3.27. The molecule has 0 aliphatic rings. The Balaban J connectivity index is 3.91. The largest absolute Gasteiger partial charge is 0.486 e. The van der Waals surface area contributed by atoms with E-state index in [0.717, 1.165) is 5.57 Å². The molecule has 0 saturated heterocycles. The van der Waals surface area contributed by atoms with E-state index in [4.69, 9.17) is 22.9 Å². The second-order valence-electron chi connectivity index (χ2n) is 1.99. The summed E-state index contributed by atoms with van der Waals surface area (Å²) in [6.45, 7) is 3.93. The summed E-state index contributed by atoms with van der Waals surface area (Å²) in [5.41, 5.74) is 0.454. The van der Waals surface area contributed by atoms with Crippen molar-refractivity contribution in [1.29, 1.82) is 0 Å². The number of nitrogens with zero attached hydrogens (tertiary/aromatic N) is 1. The number of halogens is 2. The lowest BCUT2D eigenvalue weighted by Gasteiger charge is -1.86. The normalized spacial score (nSPS) is 13.3. The van der Waals surface area contributed by atoms with Crippen LogP contribution in [0.25, 0.3) is 0 Å². The number of hydrogen-bond donors (Lipinski definition) is 0. The van der Waals surface area contributed by atoms with E-state index in [1.54, 1.807) is 6.21 Å². The van der Waals surface area contributed by atoms with Gasteiger partial charge in [0.15, 0.2) is 0 Å². The van der Waals surface area contributed by atoms with E-state index < -0.39 is 5.68 Å². The molecule has 0 spiro atoms. The smallest absolute Gasteiger partial charge is 0.313 e. The zero-order valence-electron chi connectivity index (χ0n) is 6.59. The van der Waals surface area contributed by atoms with E-state index in [1.807, 2.05) is 32.1 Å². The van der Waals surface area contributed by atoms with Gasteiger partial charge < -0.3 is 4.90 Å². The van der Waals surface area contributed by atoms with E-state index in [0.29, 0.717) is 0 Å². The quantitative estimate of drug-likeness (QED) is 0.368. The van der Waals surface area contributed by atoms with E-state index in [2.05, 4.69) is 4.90 Å². The Morgan fingerprint density at radius 3 is 2.55 bits per heavy atom.